The minimum absolute atomic E-state index is 0.480. The monoisotopic (exact) mass is 554 g/mol. The van der Waals surface area contributed by atoms with Crippen LogP contribution >= 0.6 is 39.3 Å². The van der Waals surface area contributed by atoms with Crippen molar-refractivity contribution in [1.29, 1.82) is 0 Å². The Morgan fingerprint density at radius 3 is 2.50 bits per heavy atom. The molecule has 0 bridgehead atoms. The molecule has 5 nitrogen and oxygen atoms in total. The normalized spacial score (nSPS) is 11.3. The van der Waals surface area contributed by atoms with Gasteiger partial charge in [-0.1, -0.05) is 82.6 Å². The molecule has 34 heavy (non-hydrogen) atoms. The Morgan fingerprint density at radius 2 is 1.74 bits per heavy atom. The summed E-state index contributed by atoms with van der Waals surface area (Å²) in [7, 11) is 0. The van der Waals surface area contributed by atoms with E-state index in [0.29, 0.717) is 6.61 Å². The molecule has 0 spiro atoms. The van der Waals surface area contributed by atoms with E-state index in [9.17, 15) is 0 Å². The SMILES string of the molecule is CCCc1nnc(SCc2ccc(Cl)cc2)n1/N=C/c1ccccc1OCc1ccc(Br)cc1. The van der Waals surface area contributed by atoms with Crippen molar-refractivity contribution in [2.45, 2.75) is 37.3 Å². The summed E-state index contributed by atoms with van der Waals surface area (Å²) >= 11 is 11.1. The standard InChI is InChI=1S/C26H24BrClN4OS/c1-2-5-25-30-31-26(34-18-20-10-14-23(28)15-11-20)32(25)29-16-21-6-3-4-7-24(21)33-17-19-8-12-22(27)13-9-19/h3-4,6-16H,2,5,17-18H2,1H3/b29-16+. The summed E-state index contributed by atoms with van der Waals surface area (Å²) in [5.41, 5.74) is 3.15. The summed E-state index contributed by atoms with van der Waals surface area (Å²) in [4.78, 5) is 0. The number of nitrogens with zero attached hydrogens (tertiary/aromatic N) is 4. The fraction of sp³-hybridized carbons (Fsp3) is 0.192. The Hall–Kier alpha value is -2.61. The van der Waals surface area contributed by atoms with Crippen molar-refractivity contribution in [3.63, 3.8) is 0 Å². The van der Waals surface area contributed by atoms with Crippen LogP contribution in [0.2, 0.25) is 5.02 Å². The van der Waals surface area contributed by atoms with Gasteiger partial charge in [0.2, 0.25) is 5.16 Å². The van der Waals surface area contributed by atoms with Crippen LogP contribution in [0.5, 0.6) is 5.75 Å². The molecule has 1 aromatic heterocycles. The summed E-state index contributed by atoms with van der Waals surface area (Å²) in [6.07, 6.45) is 3.57. The number of para-hydroxylation sites is 1. The van der Waals surface area contributed by atoms with Crippen LogP contribution in [-0.4, -0.2) is 21.1 Å². The molecule has 4 rings (SSSR count). The van der Waals surface area contributed by atoms with Gasteiger partial charge >= 0.3 is 0 Å². The zero-order valence-electron chi connectivity index (χ0n) is 18.7. The first-order valence-corrected chi connectivity index (χ1v) is 13.1. The Labute approximate surface area is 217 Å². The van der Waals surface area contributed by atoms with E-state index >= 15 is 0 Å². The Balaban J connectivity index is 1.51. The van der Waals surface area contributed by atoms with Gasteiger partial charge in [-0.15, -0.1) is 10.2 Å². The minimum atomic E-state index is 0.480. The lowest BCUT2D eigenvalue weighted by molar-refractivity contribution is 0.306. The van der Waals surface area contributed by atoms with Gasteiger partial charge in [-0.2, -0.15) is 9.78 Å². The van der Waals surface area contributed by atoms with Crippen LogP contribution in [0.3, 0.4) is 0 Å². The number of halogens is 2. The third kappa shape index (κ3) is 6.72. The molecule has 0 aliphatic carbocycles. The van der Waals surface area contributed by atoms with E-state index in [1.54, 1.807) is 11.8 Å². The smallest absolute Gasteiger partial charge is 0.212 e. The molecule has 0 N–H and O–H groups in total. The van der Waals surface area contributed by atoms with Crippen LogP contribution in [-0.2, 0) is 18.8 Å². The van der Waals surface area contributed by atoms with Gasteiger partial charge < -0.3 is 4.74 Å². The molecular formula is C26H24BrClN4OS. The highest BCUT2D eigenvalue weighted by Crippen LogP contribution is 2.24. The molecule has 8 heteroatoms. The van der Waals surface area contributed by atoms with E-state index < -0.39 is 0 Å². The van der Waals surface area contributed by atoms with Crippen LogP contribution in [0.4, 0.5) is 0 Å². The molecule has 0 saturated carbocycles. The Bertz CT molecular complexity index is 1240. The lowest BCUT2D eigenvalue weighted by atomic mass is 10.2. The highest BCUT2D eigenvalue weighted by Gasteiger charge is 2.12. The number of hydrogen-bond acceptors (Lipinski definition) is 5. The summed E-state index contributed by atoms with van der Waals surface area (Å²) in [5, 5.41) is 15.0. The second-order valence-electron chi connectivity index (χ2n) is 7.57. The van der Waals surface area contributed by atoms with E-state index in [1.165, 1.54) is 0 Å². The number of aromatic nitrogens is 3. The molecule has 0 amide bonds. The van der Waals surface area contributed by atoms with E-state index in [0.717, 1.165) is 61.5 Å². The van der Waals surface area contributed by atoms with Crippen molar-refractivity contribution >= 4 is 45.5 Å². The predicted molar refractivity (Wildman–Crippen MR) is 143 cm³/mol. The van der Waals surface area contributed by atoms with Gasteiger partial charge in [-0.25, -0.2) is 0 Å². The summed E-state index contributed by atoms with van der Waals surface area (Å²) < 4.78 is 8.97. The molecule has 174 valence electrons. The fourth-order valence-electron chi connectivity index (χ4n) is 3.19. The number of ether oxygens (including phenoxy) is 1. The molecule has 0 aliphatic heterocycles. The largest absolute Gasteiger partial charge is 0.488 e. The van der Waals surface area contributed by atoms with Crippen molar-refractivity contribution < 1.29 is 4.74 Å². The summed E-state index contributed by atoms with van der Waals surface area (Å²) in [6, 6.07) is 23.8. The van der Waals surface area contributed by atoms with Crippen molar-refractivity contribution in [1.82, 2.24) is 14.9 Å². The first-order chi connectivity index (χ1) is 16.6. The lowest BCUT2D eigenvalue weighted by Crippen LogP contribution is -2.02. The number of rotatable bonds is 10. The molecule has 0 fully saturated rings. The highest BCUT2D eigenvalue weighted by molar-refractivity contribution is 9.10. The molecule has 1 heterocycles. The molecule has 0 aliphatic rings. The topological polar surface area (TPSA) is 52.3 Å². The molecule has 0 radical (unpaired) electrons. The lowest BCUT2D eigenvalue weighted by Gasteiger charge is -2.09. The maximum absolute atomic E-state index is 6.09. The highest BCUT2D eigenvalue weighted by atomic mass is 79.9. The van der Waals surface area contributed by atoms with Gasteiger partial charge in [0.1, 0.15) is 12.4 Å². The second-order valence-corrected chi connectivity index (χ2v) is 9.87. The van der Waals surface area contributed by atoms with E-state index in [1.807, 2.05) is 83.7 Å². The quantitative estimate of drug-likeness (QED) is 0.151. The molecule has 4 aromatic rings. The number of benzene rings is 3. The zero-order valence-corrected chi connectivity index (χ0v) is 21.9. The Morgan fingerprint density at radius 1 is 1.00 bits per heavy atom. The van der Waals surface area contributed by atoms with E-state index in [4.69, 9.17) is 21.4 Å². The third-order valence-corrected chi connectivity index (χ3v) is 6.74. The van der Waals surface area contributed by atoms with Crippen molar-refractivity contribution in [2.75, 3.05) is 0 Å². The van der Waals surface area contributed by atoms with Gasteiger partial charge in [-0.05, 0) is 53.9 Å². The van der Waals surface area contributed by atoms with Crippen LogP contribution in [0.15, 0.2) is 87.5 Å². The third-order valence-electron chi connectivity index (χ3n) is 4.97. The predicted octanol–water partition coefficient (Wildman–Crippen LogP) is 7.40. The maximum atomic E-state index is 6.09. The van der Waals surface area contributed by atoms with E-state index in [-0.39, 0.29) is 0 Å². The van der Waals surface area contributed by atoms with Gasteiger partial charge in [-0.3, -0.25) is 0 Å². The molecule has 0 atom stereocenters. The minimum Gasteiger partial charge on any atom is -0.488 e. The van der Waals surface area contributed by atoms with Gasteiger partial charge in [0.05, 0.1) is 6.21 Å². The maximum Gasteiger partial charge on any atom is 0.212 e. The van der Waals surface area contributed by atoms with Gasteiger partial charge in [0.15, 0.2) is 5.82 Å². The second kappa shape index (κ2) is 12.2. The average Bonchev–Trinajstić information content (AvgIpc) is 3.24. The first-order valence-electron chi connectivity index (χ1n) is 10.9. The van der Waals surface area contributed by atoms with Crippen molar-refractivity contribution in [2.24, 2.45) is 5.10 Å². The molecule has 0 unspecified atom stereocenters. The fourth-order valence-corrected chi connectivity index (χ4v) is 4.44. The van der Waals surface area contributed by atoms with Crippen LogP contribution in [0, 0.1) is 0 Å². The molecular weight excluding hydrogens is 532 g/mol. The van der Waals surface area contributed by atoms with Gasteiger partial charge in [0.25, 0.3) is 0 Å². The van der Waals surface area contributed by atoms with Crippen LogP contribution < -0.4 is 4.74 Å². The Kier molecular flexibility index (Phi) is 8.79. The van der Waals surface area contributed by atoms with Crippen LogP contribution in [0.25, 0.3) is 0 Å². The number of aryl methyl sites for hydroxylation is 1. The molecule has 0 saturated heterocycles. The zero-order chi connectivity index (χ0) is 23.8. The molecule has 3 aromatic carbocycles. The van der Waals surface area contributed by atoms with Crippen molar-refractivity contribution in [3.8, 4) is 5.75 Å². The van der Waals surface area contributed by atoms with Gasteiger partial charge in [0, 0.05) is 27.2 Å². The summed E-state index contributed by atoms with van der Waals surface area (Å²) in [5.74, 6) is 2.37. The average molecular weight is 556 g/mol. The van der Waals surface area contributed by atoms with E-state index in [2.05, 4.69) is 33.1 Å². The number of hydrogen-bond donors (Lipinski definition) is 0. The van der Waals surface area contributed by atoms with Crippen LogP contribution in [0.1, 0.15) is 35.9 Å². The van der Waals surface area contributed by atoms with Crippen molar-refractivity contribution in [3.05, 3.63) is 105 Å². The number of thioether (sulfide) groups is 1. The first kappa shape index (κ1) is 24.5. The summed E-state index contributed by atoms with van der Waals surface area (Å²) in [6.45, 7) is 2.60.